The third-order valence-corrected chi connectivity index (χ3v) is 2.64. The number of methoxy groups -OCH3 is 2. The molecule has 0 aliphatic rings. The van der Waals surface area contributed by atoms with Crippen LogP contribution in [0.2, 0.25) is 0 Å². The van der Waals surface area contributed by atoms with Crippen LogP contribution in [0.3, 0.4) is 0 Å². The second kappa shape index (κ2) is 5.18. The minimum Gasteiger partial charge on any atom is -0.508 e. The van der Waals surface area contributed by atoms with Gasteiger partial charge in [0.1, 0.15) is 11.5 Å². The maximum Gasteiger partial charge on any atom is 0.339 e. The van der Waals surface area contributed by atoms with Gasteiger partial charge in [0.15, 0.2) is 6.10 Å². The SMILES string of the molecule is COC(=O)C(O)c1cc(OC)c(Br)cc1O. The summed E-state index contributed by atoms with van der Waals surface area (Å²) in [5.74, 6) is -0.666. The van der Waals surface area contributed by atoms with Crippen molar-refractivity contribution < 1.29 is 24.5 Å². The van der Waals surface area contributed by atoms with Gasteiger partial charge in [0.2, 0.25) is 0 Å². The van der Waals surface area contributed by atoms with Gasteiger partial charge < -0.3 is 19.7 Å². The van der Waals surface area contributed by atoms with Crippen molar-refractivity contribution >= 4 is 21.9 Å². The number of phenolic OH excluding ortho intramolecular Hbond substituents is 1. The molecule has 1 rings (SSSR count). The molecule has 0 radical (unpaired) electrons. The first kappa shape index (κ1) is 12.8. The van der Waals surface area contributed by atoms with E-state index in [2.05, 4.69) is 20.7 Å². The molecule has 16 heavy (non-hydrogen) atoms. The van der Waals surface area contributed by atoms with E-state index >= 15 is 0 Å². The molecule has 0 aliphatic heterocycles. The van der Waals surface area contributed by atoms with Gasteiger partial charge in [-0.15, -0.1) is 0 Å². The van der Waals surface area contributed by atoms with E-state index in [0.29, 0.717) is 10.2 Å². The molecule has 0 spiro atoms. The smallest absolute Gasteiger partial charge is 0.339 e. The summed E-state index contributed by atoms with van der Waals surface area (Å²) in [5, 5.41) is 19.1. The first-order chi connectivity index (χ1) is 7.51. The molecule has 0 saturated heterocycles. The van der Waals surface area contributed by atoms with Crippen molar-refractivity contribution in [1.82, 2.24) is 0 Å². The summed E-state index contributed by atoms with van der Waals surface area (Å²) in [4.78, 5) is 11.1. The Balaban J connectivity index is 3.18. The van der Waals surface area contributed by atoms with Crippen LogP contribution in [-0.2, 0) is 9.53 Å². The number of aliphatic hydroxyl groups is 1. The summed E-state index contributed by atoms with van der Waals surface area (Å²) < 4.78 is 9.88. The summed E-state index contributed by atoms with van der Waals surface area (Å²) in [6.45, 7) is 0. The zero-order valence-electron chi connectivity index (χ0n) is 8.73. The first-order valence-corrected chi connectivity index (χ1v) is 5.12. The number of esters is 1. The summed E-state index contributed by atoms with van der Waals surface area (Å²) in [7, 11) is 2.59. The minimum absolute atomic E-state index is 0.0342. The van der Waals surface area contributed by atoms with Gasteiger partial charge in [0.05, 0.1) is 18.7 Å². The Labute approximate surface area is 101 Å². The Kier molecular flexibility index (Phi) is 4.14. The molecule has 5 nitrogen and oxygen atoms in total. The molecule has 0 saturated carbocycles. The van der Waals surface area contributed by atoms with Crippen molar-refractivity contribution in [3.8, 4) is 11.5 Å². The Morgan fingerprint density at radius 1 is 1.44 bits per heavy atom. The van der Waals surface area contributed by atoms with Crippen LogP contribution in [-0.4, -0.2) is 30.4 Å². The standard InChI is InChI=1S/C10H11BrO5/c1-15-8-3-5(7(12)4-6(8)11)9(13)10(14)16-2/h3-4,9,12-13H,1-2H3. The van der Waals surface area contributed by atoms with E-state index < -0.39 is 12.1 Å². The number of aromatic hydroxyl groups is 1. The number of carbonyl (C=O) groups excluding carboxylic acids is 1. The third-order valence-electron chi connectivity index (χ3n) is 2.02. The van der Waals surface area contributed by atoms with Crippen LogP contribution in [0.4, 0.5) is 0 Å². The third kappa shape index (κ3) is 2.45. The van der Waals surface area contributed by atoms with Crippen LogP contribution in [0, 0.1) is 0 Å². The number of carbonyl (C=O) groups is 1. The van der Waals surface area contributed by atoms with Gasteiger partial charge in [-0.1, -0.05) is 0 Å². The maximum atomic E-state index is 11.1. The zero-order chi connectivity index (χ0) is 12.3. The number of halogens is 1. The quantitative estimate of drug-likeness (QED) is 0.823. The normalized spacial score (nSPS) is 12.0. The lowest BCUT2D eigenvalue weighted by Crippen LogP contribution is -2.13. The molecule has 2 N–H and O–H groups in total. The molecule has 6 heteroatoms. The summed E-state index contributed by atoms with van der Waals surface area (Å²) in [5.41, 5.74) is 0.0342. The van der Waals surface area contributed by atoms with Crippen molar-refractivity contribution in [2.75, 3.05) is 14.2 Å². The Hall–Kier alpha value is -1.27. The van der Waals surface area contributed by atoms with E-state index in [1.54, 1.807) is 0 Å². The van der Waals surface area contributed by atoms with Crippen molar-refractivity contribution in [3.63, 3.8) is 0 Å². The lowest BCUT2D eigenvalue weighted by atomic mass is 10.1. The average molecular weight is 291 g/mol. The molecule has 0 aliphatic carbocycles. The second-order valence-electron chi connectivity index (χ2n) is 2.97. The number of hydrogen-bond donors (Lipinski definition) is 2. The molecule has 0 aromatic heterocycles. The fraction of sp³-hybridized carbons (Fsp3) is 0.300. The topological polar surface area (TPSA) is 76.0 Å². The van der Waals surface area contributed by atoms with Crippen LogP contribution < -0.4 is 4.74 Å². The molecule has 0 bridgehead atoms. The zero-order valence-corrected chi connectivity index (χ0v) is 10.3. The van der Waals surface area contributed by atoms with Crippen LogP contribution in [0.5, 0.6) is 11.5 Å². The molecule has 1 atom stereocenters. The van der Waals surface area contributed by atoms with Crippen molar-refractivity contribution in [2.45, 2.75) is 6.10 Å². The number of rotatable bonds is 3. The van der Waals surface area contributed by atoms with E-state index in [9.17, 15) is 15.0 Å². The van der Waals surface area contributed by atoms with E-state index in [4.69, 9.17) is 4.74 Å². The molecular weight excluding hydrogens is 280 g/mol. The Morgan fingerprint density at radius 3 is 2.56 bits per heavy atom. The number of hydrogen-bond acceptors (Lipinski definition) is 5. The molecule has 0 fully saturated rings. The van der Waals surface area contributed by atoms with Crippen LogP contribution in [0.1, 0.15) is 11.7 Å². The van der Waals surface area contributed by atoms with Gasteiger partial charge in [-0.05, 0) is 28.1 Å². The predicted octanol–water partition coefficient (Wildman–Crippen LogP) is 1.37. The van der Waals surface area contributed by atoms with E-state index in [1.807, 2.05) is 0 Å². The molecule has 0 heterocycles. The van der Waals surface area contributed by atoms with Gasteiger partial charge >= 0.3 is 5.97 Å². The maximum absolute atomic E-state index is 11.1. The highest BCUT2D eigenvalue weighted by molar-refractivity contribution is 9.10. The van der Waals surface area contributed by atoms with Gasteiger partial charge in [0.25, 0.3) is 0 Å². The van der Waals surface area contributed by atoms with Crippen molar-refractivity contribution in [2.24, 2.45) is 0 Å². The fourth-order valence-corrected chi connectivity index (χ4v) is 1.67. The second-order valence-corrected chi connectivity index (χ2v) is 3.83. The van der Waals surface area contributed by atoms with Crippen molar-refractivity contribution in [3.05, 3.63) is 22.2 Å². The van der Waals surface area contributed by atoms with Crippen molar-refractivity contribution in [1.29, 1.82) is 0 Å². The first-order valence-electron chi connectivity index (χ1n) is 4.33. The monoisotopic (exact) mass is 290 g/mol. The summed E-state index contributed by atoms with van der Waals surface area (Å²) in [6, 6.07) is 2.70. The lowest BCUT2D eigenvalue weighted by Gasteiger charge is -2.13. The van der Waals surface area contributed by atoms with Crippen LogP contribution >= 0.6 is 15.9 Å². The van der Waals surface area contributed by atoms with E-state index in [0.717, 1.165) is 7.11 Å². The van der Waals surface area contributed by atoms with Gasteiger partial charge in [0, 0.05) is 5.56 Å². The Morgan fingerprint density at radius 2 is 2.06 bits per heavy atom. The molecule has 1 aromatic rings. The summed E-state index contributed by atoms with van der Waals surface area (Å²) in [6.07, 6.45) is -1.54. The molecule has 0 amide bonds. The summed E-state index contributed by atoms with van der Waals surface area (Å²) >= 11 is 3.16. The van der Waals surface area contributed by atoms with E-state index in [1.165, 1.54) is 19.2 Å². The average Bonchev–Trinajstić information content (AvgIpc) is 2.27. The predicted molar refractivity (Wildman–Crippen MR) is 59.3 cm³/mol. The molecule has 1 unspecified atom stereocenters. The molecule has 88 valence electrons. The largest absolute Gasteiger partial charge is 0.508 e. The number of benzene rings is 1. The van der Waals surface area contributed by atoms with Gasteiger partial charge in [-0.2, -0.15) is 0 Å². The fourth-order valence-electron chi connectivity index (χ4n) is 1.17. The highest BCUT2D eigenvalue weighted by atomic mass is 79.9. The van der Waals surface area contributed by atoms with Gasteiger partial charge in [-0.3, -0.25) is 0 Å². The van der Waals surface area contributed by atoms with E-state index in [-0.39, 0.29) is 11.3 Å². The highest BCUT2D eigenvalue weighted by Crippen LogP contribution is 2.35. The number of phenols is 1. The number of ether oxygens (including phenoxy) is 2. The van der Waals surface area contributed by atoms with Crippen LogP contribution in [0.15, 0.2) is 16.6 Å². The molecule has 1 aromatic carbocycles. The minimum atomic E-state index is -1.54. The Bertz CT molecular complexity index is 404. The highest BCUT2D eigenvalue weighted by Gasteiger charge is 2.23. The van der Waals surface area contributed by atoms with Gasteiger partial charge in [-0.25, -0.2) is 4.79 Å². The lowest BCUT2D eigenvalue weighted by molar-refractivity contribution is -0.150. The molecular formula is C10H11BrO5. The number of aliphatic hydroxyl groups excluding tert-OH is 1. The van der Waals surface area contributed by atoms with Crippen LogP contribution in [0.25, 0.3) is 0 Å².